The predicted octanol–water partition coefficient (Wildman–Crippen LogP) is 5.24. The Hall–Kier alpha value is -3.11. The Morgan fingerprint density at radius 2 is 1.68 bits per heavy atom. The summed E-state index contributed by atoms with van der Waals surface area (Å²) in [4.78, 5) is 0. The number of phenols is 1. The fourth-order valence-electron chi connectivity index (χ4n) is 3.26. The van der Waals surface area contributed by atoms with Crippen LogP contribution in [0.4, 0.5) is 4.39 Å². The van der Waals surface area contributed by atoms with Gasteiger partial charge in [0.25, 0.3) is 0 Å². The molecule has 0 heterocycles. The summed E-state index contributed by atoms with van der Waals surface area (Å²) >= 11 is 0. The summed E-state index contributed by atoms with van der Waals surface area (Å²) in [6.07, 6.45) is 0.727. The average Bonchev–Trinajstić information content (AvgIpc) is 2.72. The maximum atomic E-state index is 14.8. The van der Waals surface area contributed by atoms with Crippen LogP contribution < -0.4 is 10.5 Å². The first-order valence-electron chi connectivity index (χ1n) is 9.34. The fraction of sp³-hybridized carbons (Fsp3) is 0.167. The smallest absolute Gasteiger partial charge is 0.134 e. The van der Waals surface area contributed by atoms with E-state index in [1.807, 2.05) is 54.6 Å². The third kappa shape index (κ3) is 4.41. The van der Waals surface area contributed by atoms with Crippen molar-refractivity contribution in [3.05, 3.63) is 95.3 Å². The SMILES string of the molecule is CCC(=C(c1ccc(OCCN)cc1)c1ccc(O)cc1F)c1ccccc1. The Morgan fingerprint density at radius 1 is 0.964 bits per heavy atom. The number of phenolic OH excluding ortho intramolecular Hbond substituents is 1. The highest BCUT2D eigenvalue weighted by atomic mass is 19.1. The van der Waals surface area contributed by atoms with E-state index in [1.54, 1.807) is 6.07 Å². The largest absolute Gasteiger partial charge is 0.508 e. The topological polar surface area (TPSA) is 55.5 Å². The van der Waals surface area contributed by atoms with Gasteiger partial charge in [0.1, 0.15) is 23.9 Å². The minimum absolute atomic E-state index is 0.0936. The van der Waals surface area contributed by atoms with Crippen LogP contribution in [0, 0.1) is 5.82 Å². The maximum Gasteiger partial charge on any atom is 0.134 e. The van der Waals surface area contributed by atoms with Gasteiger partial charge in [-0.3, -0.25) is 0 Å². The summed E-state index contributed by atoms with van der Waals surface area (Å²) in [5.41, 5.74) is 9.69. The Balaban J connectivity index is 2.18. The van der Waals surface area contributed by atoms with Crippen LogP contribution in [0.5, 0.6) is 11.5 Å². The van der Waals surface area contributed by atoms with Crippen molar-refractivity contribution in [2.75, 3.05) is 13.2 Å². The molecule has 0 unspecified atom stereocenters. The molecule has 0 spiro atoms. The summed E-state index contributed by atoms with van der Waals surface area (Å²) < 4.78 is 20.4. The van der Waals surface area contributed by atoms with Gasteiger partial charge in [-0.25, -0.2) is 4.39 Å². The molecule has 0 saturated heterocycles. The zero-order valence-electron chi connectivity index (χ0n) is 15.9. The highest BCUT2D eigenvalue weighted by Gasteiger charge is 2.17. The first-order valence-corrected chi connectivity index (χ1v) is 9.34. The molecule has 0 aliphatic carbocycles. The number of benzene rings is 3. The Labute approximate surface area is 164 Å². The van der Waals surface area contributed by atoms with Gasteiger partial charge in [0, 0.05) is 18.2 Å². The lowest BCUT2D eigenvalue weighted by Gasteiger charge is -2.17. The highest BCUT2D eigenvalue weighted by molar-refractivity contribution is 5.98. The van der Waals surface area contributed by atoms with Crippen molar-refractivity contribution in [2.45, 2.75) is 13.3 Å². The normalized spacial score (nSPS) is 11.8. The zero-order chi connectivity index (χ0) is 19.9. The van der Waals surface area contributed by atoms with Gasteiger partial charge in [0.2, 0.25) is 0 Å². The highest BCUT2D eigenvalue weighted by Crippen LogP contribution is 2.36. The Morgan fingerprint density at radius 3 is 2.29 bits per heavy atom. The van der Waals surface area contributed by atoms with Crippen molar-refractivity contribution in [1.82, 2.24) is 0 Å². The van der Waals surface area contributed by atoms with Crippen LogP contribution >= 0.6 is 0 Å². The maximum absolute atomic E-state index is 14.8. The number of ether oxygens (including phenoxy) is 1. The fourth-order valence-corrected chi connectivity index (χ4v) is 3.26. The molecular weight excluding hydrogens is 353 g/mol. The van der Waals surface area contributed by atoms with Crippen LogP contribution in [-0.4, -0.2) is 18.3 Å². The second kappa shape index (κ2) is 9.20. The molecule has 0 saturated carbocycles. The summed E-state index contributed by atoms with van der Waals surface area (Å²) in [7, 11) is 0. The second-order valence-electron chi connectivity index (χ2n) is 6.40. The average molecular weight is 377 g/mol. The Bertz CT molecular complexity index is 950. The van der Waals surface area contributed by atoms with Crippen LogP contribution in [0.3, 0.4) is 0 Å². The van der Waals surface area contributed by atoms with Gasteiger partial charge < -0.3 is 15.6 Å². The molecule has 3 aromatic carbocycles. The van der Waals surface area contributed by atoms with Gasteiger partial charge in [-0.2, -0.15) is 0 Å². The molecule has 0 atom stereocenters. The molecule has 28 heavy (non-hydrogen) atoms. The lowest BCUT2D eigenvalue weighted by Crippen LogP contribution is -2.10. The van der Waals surface area contributed by atoms with Gasteiger partial charge in [0.15, 0.2) is 0 Å². The van der Waals surface area contributed by atoms with E-state index < -0.39 is 5.82 Å². The molecule has 0 fully saturated rings. The van der Waals surface area contributed by atoms with Gasteiger partial charge in [-0.15, -0.1) is 0 Å². The molecule has 0 radical (unpaired) electrons. The van der Waals surface area contributed by atoms with Gasteiger partial charge in [0.05, 0.1) is 0 Å². The number of rotatable bonds is 7. The second-order valence-corrected chi connectivity index (χ2v) is 6.40. The van der Waals surface area contributed by atoms with Crippen molar-refractivity contribution in [2.24, 2.45) is 5.73 Å². The van der Waals surface area contributed by atoms with Crippen LogP contribution in [0.15, 0.2) is 72.8 Å². The molecule has 0 amide bonds. The van der Waals surface area contributed by atoms with E-state index in [9.17, 15) is 9.50 Å². The third-order valence-electron chi connectivity index (χ3n) is 4.53. The molecule has 4 heteroatoms. The molecule has 144 valence electrons. The molecule has 3 aromatic rings. The molecule has 3 rings (SSSR count). The number of hydrogen-bond donors (Lipinski definition) is 2. The zero-order valence-corrected chi connectivity index (χ0v) is 15.9. The number of aromatic hydroxyl groups is 1. The lowest BCUT2D eigenvalue weighted by molar-refractivity contribution is 0.328. The predicted molar refractivity (Wildman–Crippen MR) is 112 cm³/mol. The van der Waals surface area contributed by atoms with Crippen molar-refractivity contribution < 1.29 is 14.2 Å². The van der Waals surface area contributed by atoms with Crippen LogP contribution in [0.1, 0.15) is 30.0 Å². The number of hydrogen-bond acceptors (Lipinski definition) is 3. The van der Waals surface area contributed by atoms with E-state index in [0.29, 0.717) is 18.7 Å². The van der Waals surface area contributed by atoms with Gasteiger partial charge in [-0.05, 0) is 53.0 Å². The molecule has 3 N–H and O–H groups in total. The molecular formula is C24H24FNO2. The first-order chi connectivity index (χ1) is 13.6. The summed E-state index contributed by atoms with van der Waals surface area (Å²) in [5.74, 6) is 0.168. The number of allylic oxidation sites excluding steroid dienone is 1. The quantitative estimate of drug-likeness (QED) is 0.554. The van der Waals surface area contributed by atoms with Gasteiger partial charge in [-0.1, -0.05) is 49.4 Å². The van der Waals surface area contributed by atoms with Crippen LogP contribution in [0.25, 0.3) is 11.1 Å². The molecule has 0 aliphatic heterocycles. The van der Waals surface area contributed by atoms with Crippen LogP contribution in [-0.2, 0) is 0 Å². The van der Waals surface area contributed by atoms with Crippen molar-refractivity contribution in [3.63, 3.8) is 0 Å². The Kier molecular flexibility index (Phi) is 6.45. The van der Waals surface area contributed by atoms with E-state index in [-0.39, 0.29) is 5.75 Å². The summed E-state index contributed by atoms with van der Waals surface area (Å²) in [6.45, 7) is 2.94. The monoisotopic (exact) mass is 377 g/mol. The number of halogens is 1. The van der Waals surface area contributed by atoms with Crippen molar-refractivity contribution >= 4 is 11.1 Å². The molecule has 0 aromatic heterocycles. The van der Waals surface area contributed by atoms with E-state index in [0.717, 1.165) is 40.5 Å². The summed E-state index contributed by atoms with van der Waals surface area (Å²) in [6, 6.07) is 21.8. The molecule has 0 bridgehead atoms. The van der Waals surface area contributed by atoms with E-state index in [4.69, 9.17) is 10.5 Å². The molecule has 0 aliphatic rings. The van der Waals surface area contributed by atoms with Crippen molar-refractivity contribution in [1.29, 1.82) is 0 Å². The van der Waals surface area contributed by atoms with Crippen LogP contribution in [0.2, 0.25) is 0 Å². The third-order valence-corrected chi connectivity index (χ3v) is 4.53. The molecule has 3 nitrogen and oxygen atoms in total. The first kappa shape index (κ1) is 19.6. The van der Waals surface area contributed by atoms with E-state index in [1.165, 1.54) is 6.07 Å². The minimum atomic E-state index is -0.458. The standard InChI is InChI=1S/C24H24FNO2/c1-2-21(17-6-4-3-5-7-17)24(22-13-10-19(27)16-23(22)25)18-8-11-20(12-9-18)28-15-14-26/h3-13,16,27H,2,14-15,26H2,1H3. The van der Waals surface area contributed by atoms with E-state index in [2.05, 4.69) is 6.92 Å². The van der Waals surface area contributed by atoms with Gasteiger partial charge >= 0.3 is 0 Å². The summed E-state index contributed by atoms with van der Waals surface area (Å²) in [5, 5.41) is 9.64. The lowest BCUT2D eigenvalue weighted by atomic mass is 9.88. The van der Waals surface area contributed by atoms with E-state index >= 15 is 0 Å². The number of nitrogens with two attached hydrogens (primary N) is 1. The minimum Gasteiger partial charge on any atom is -0.508 e. The van der Waals surface area contributed by atoms with Crippen molar-refractivity contribution in [3.8, 4) is 11.5 Å².